The van der Waals surface area contributed by atoms with Gasteiger partial charge in [0.25, 0.3) is 5.56 Å². The Kier molecular flexibility index (Phi) is 6.64. The van der Waals surface area contributed by atoms with E-state index in [2.05, 4.69) is 5.32 Å². The van der Waals surface area contributed by atoms with Gasteiger partial charge in [-0.05, 0) is 38.2 Å². The Morgan fingerprint density at radius 1 is 1.36 bits per heavy atom. The summed E-state index contributed by atoms with van der Waals surface area (Å²) in [5, 5.41) is 2.87. The molecule has 1 atom stereocenters. The predicted molar refractivity (Wildman–Crippen MR) is 97.5 cm³/mol. The summed E-state index contributed by atoms with van der Waals surface area (Å²) in [7, 11) is -3.02. The maximum atomic E-state index is 12.3. The number of nitrogens with one attached hydrogen (secondary N) is 1. The van der Waals surface area contributed by atoms with Crippen LogP contribution in [0.4, 0.5) is 4.79 Å². The van der Waals surface area contributed by atoms with E-state index in [1.807, 2.05) is 13.0 Å². The van der Waals surface area contributed by atoms with Crippen molar-refractivity contribution in [1.29, 1.82) is 0 Å². The van der Waals surface area contributed by atoms with Gasteiger partial charge in [0.05, 0.1) is 5.75 Å². The van der Waals surface area contributed by atoms with Gasteiger partial charge in [-0.15, -0.1) is 0 Å². The monoisotopic (exact) mass is 369 g/mol. The summed E-state index contributed by atoms with van der Waals surface area (Å²) in [6.45, 7) is 4.06. The molecule has 2 rings (SSSR count). The highest BCUT2D eigenvalue weighted by molar-refractivity contribution is 7.90. The summed E-state index contributed by atoms with van der Waals surface area (Å²) in [4.78, 5) is 25.7. The van der Waals surface area contributed by atoms with E-state index in [0.717, 1.165) is 18.5 Å². The number of hydrogen-bond donors (Lipinski definition) is 1. The molecule has 1 aromatic heterocycles. The van der Waals surface area contributed by atoms with Crippen molar-refractivity contribution in [2.75, 3.05) is 31.6 Å². The number of rotatable bonds is 6. The van der Waals surface area contributed by atoms with Crippen molar-refractivity contribution in [3.8, 4) is 0 Å². The number of sulfone groups is 1. The van der Waals surface area contributed by atoms with Crippen LogP contribution in [0.25, 0.3) is 0 Å². The highest BCUT2D eigenvalue weighted by Gasteiger charge is 2.25. The molecule has 2 heterocycles. The molecule has 0 bridgehead atoms. The molecule has 7 nitrogen and oxygen atoms in total. The molecule has 1 aliphatic rings. The first-order chi connectivity index (χ1) is 11.8. The number of hydrogen-bond acceptors (Lipinski definition) is 4. The van der Waals surface area contributed by atoms with E-state index in [-0.39, 0.29) is 23.3 Å². The topological polar surface area (TPSA) is 88.5 Å². The number of likely N-dealkylation sites (tertiary alicyclic amines) is 1. The van der Waals surface area contributed by atoms with E-state index >= 15 is 0 Å². The molecule has 1 N–H and O–H groups in total. The number of pyridine rings is 1. The van der Waals surface area contributed by atoms with E-state index in [1.165, 1.54) is 12.3 Å². The van der Waals surface area contributed by atoms with Crippen LogP contribution < -0.4 is 10.9 Å². The molecule has 0 aliphatic carbocycles. The smallest absolute Gasteiger partial charge is 0.317 e. The van der Waals surface area contributed by atoms with Gasteiger partial charge in [0, 0.05) is 44.2 Å². The summed E-state index contributed by atoms with van der Waals surface area (Å²) in [5.74, 6) is 0.146. The van der Waals surface area contributed by atoms with Gasteiger partial charge < -0.3 is 14.8 Å². The minimum Gasteiger partial charge on any atom is -0.338 e. The molecule has 0 saturated carbocycles. The lowest BCUT2D eigenvalue weighted by Gasteiger charge is -2.32. The lowest BCUT2D eigenvalue weighted by atomic mass is 10.0. The van der Waals surface area contributed by atoms with Crippen LogP contribution in [0, 0.1) is 12.8 Å². The van der Waals surface area contributed by atoms with Crippen LogP contribution in [0.3, 0.4) is 0 Å². The van der Waals surface area contributed by atoms with Crippen molar-refractivity contribution < 1.29 is 13.2 Å². The third-order valence-electron chi connectivity index (χ3n) is 4.45. The summed E-state index contributed by atoms with van der Waals surface area (Å²) in [6.07, 6.45) is 3.57. The second kappa shape index (κ2) is 8.51. The van der Waals surface area contributed by atoms with Crippen LogP contribution in [0.15, 0.2) is 23.0 Å². The summed E-state index contributed by atoms with van der Waals surface area (Å²) >= 11 is 0. The lowest BCUT2D eigenvalue weighted by Crippen LogP contribution is -2.47. The average Bonchev–Trinajstić information content (AvgIpc) is 2.52. The molecule has 2 amide bonds. The van der Waals surface area contributed by atoms with E-state index in [4.69, 9.17) is 0 Å². The largest absolute Gasteiger partial charge is 0.338 e. The summed E-state index contributed by atoms with van der Waals surface area (Å²) in [5.41, 5.74) is 0.865. The number of aryl methyl sites for hydroxylation is 1. The van der Waals surface area contributed by atoms with Gasteiger partial charge in [0.15, 0.2) is 0 Å². The molecule has 1 fully saturated rings. The molecule has 0 radical (unpaired) electrons. The fourth-order valence-electron chi connectivity index (χ4n) is 3.27. The predicted octanol–water partition coefficient (Wildman–Crippen LogP) is 1.01. The maximum absolute atomic E-state index is 12.3. The van der Waals surface area contributed by atoms with E-state index in [1.54, 1.807) is 15.5 Å². The van der Waals surface area contributed by atoms with Crippen molar-refractivity contribution in [3.63, 3.8) is 0 Å². The first-order valence-corrected chi connectivity index (χ1v) is 10.7. The third kappa shape index (κ3) is 6.19. The number of carbonyl (C=O) groups excluding carboxylic acids is 1. The molecule has 1 unspecified atom stereocenters. The van der Waals surface area contributed by atoms with E-state index in [0.29, 0.717) is 32.6 Å². The standard InChI is InChI=1S/C17H27N3O4S/c1-14-6-3-8-16(21)20(14)11-5-9-18-17(22)19-10-4-7-15(12-19)13-25(2,23)24/h3,6,8,15H,4-5,7,9-13H2,1-2H3,(H,18,22). The SMILES string of the molecule is Cc1cccc(=O)n1CCCNC(=O)N1CCCC(CS(C)(=O)=O)C1. The zero-order valence-corrected chi connectivity index (χ0v) is 15.7. The Morgan fingerprint density at radius 3 is 2.80 bits per heavy atom. The summed E-state index contributed by atoms with van der Waals surface area (Å²) in [6, 6.07) is 4.99. The quantitative estimate of drug-likeness (QED) is 0.758. The Balaban J connectivity index is 1.77. The highest BCUT2D eigenvalue weighted by Crippen LogP contribution is 2.18. The van der Waals surface area contributed by atoms with Gasteiger partial charge in [-0.2, -0.15) is 0 Å². The minimum absolute atomic E-state index is 0.0139. The van der Waals surface area contributed by atoms with Gasteiger partial charge in [0.1, 0.15) is 9.84 Å². The van der Waals surface area contributed by atoms with Crippen molar-refractivity contribution in [2.45, 2.75) is 32.7 Å². The first kappa shape index (κ1) is 19.5. The molecular formula is C17H27N3O4S. The van der Waals surface area contributed by atoms with Gasteiger partial charge in [-0.1, -0.05) is 6.07 Å². The van der Waals surface area contributed by atoms with Gasteiger partial charge in [-0.3, -0.25) is 4.79 Å². The molecule has 1 aliphatic heterocycles. The van der Waals surface area contributed by atoms with Crippen LogP contribution in [0.5, 0.6) is 0 Å². The number of carbonyl (C=O) groups is 1. The maximum Gasteiger partial charge on any atom is 0.317 e. The number of urea groups is 1. The fourth-order valence-corrected chi connectivity index (χ4v) is 4.40. The number of amides is 2. The van der Waals surface area contributed by atoms with Crippen LogP contribution in [-0.4, -0.2) is 55.6 Å². The Hall–Kier alpha value is -1.83. The Labute approximate surface area is 148 Å². The zero-order chi connectivity index (χ0) is 18.4. The van der Waals surface area contributed by atoms with Crippen LogP contribution in [0.1, 0.15) is 25.0 Å². The summed E-state index contributed by atoms with van der Waals surface area (Å²) < 4.78 is 24.5. The zero-order valence-electron chi connectivity index (χ0n) is 14.9. The minimum atomic E-state index is -3.02. The van der Waals surface area contributed by atoms with Crippen LogP contribution in [-0.2, 0) is 16.4 Å². The van der Waals surface area contributed by atoms with Gasteiger partial charge >= 0.3 is 6.03 Å². The van der Waals surface area contributed by atoms with Crippen molar-refractivity contribution in [3.05, 3.63) is 34.2 Å². The van der Waals surface area contributed by atoms with E-state index in [9.17, 15) is 18.0 Å². The first-order valence-electron chi connectivity index (χ1n) is 8.63. The highest BCUT2D eigenvalue weighted by atomic mass is 32.2. The van der Waals surface area contributed by atoms with Crippen LogP contribution >= 0.6 is 0 Å². The van der Waals surface area contributed by atoms with Crippen molar-refractivity contribution >= 4 is 15.9 Å². The number of piperidine rings is 1. The molecule has 25 heavy (non-hydrogen) atoms. The molecule has 1 aromatic rings. The Bertz CT molecular complexity index is 757. The molecule has 8 heteroatoms. The molecule has 0 spiro atoms. The second-order valence-electron chi connectivity index (χ2n) is 6.79. The van der Waals surface area contributed by atoms with E-state index < -0.39 is 9.84 Å². The molecule has 0 aromatic carbocycles. The number of aromatic nitrogens is 1. The lowest BCUT2D eigenvalue weighted by molar-refractivity contribution is 0.170. The fraction of sp³-hybridized carbons (Fsp3) is 0.647. The molecular weight excluding hydrogens is 342 g/mol. The third-order valence-corrected chi connectivity index (χ3v) is 5.52. The van der Waals surface area contributed by atoms with Gasteiger partial charge in [0.2, 0.25) is 0 Å². The Morgan fingerprint density at radius 2 is 2.12 bits per heavy atom. The number of nitrogens with zero attached hydrogens (tertiary/aromatic N) is 2. The second-order valence-corrected chi connectivity index (χ2v) is 8.97. The van der Waals surface area contributed by atoms with Crippen LogP contribution in [0.2, 0.25) is 0 Å². The molecule has 140 valence electrons. The van der Waals surface area contributed by atoms with Crippen molar-refractivity contribution in [1.82, 2.24) is 14.8 Å². The normalized spacial score (nSPS) is 18.2. The van der Waals surface area contributed by atoms with Crippen molar-refractivity contribution in [2.24, 2.45) is 5.92 Å². The van der Waals surface area contributed by atoms with Gasteiger partial charge in [-0.25, -0.2) is 13.2 Å². The average molecular weight is 369 g/mol. The molecule has 1 saturated heterocycles.